The zero-order valence-electron chi connectivity index (χ0n) is 17.4. The van der Waals surface area contributed by atoms with Crippen molar-refractivity contribution in [3.63, 3.8) is 0 Å². The van der Waals surface area contributed by atoms with Crippen LogP contribution in [0.15, 0.2) is 52.1 Å². The Morgan fingerprint density at radius 3 is 2.33 bits per heavy atom. The van der Waals surface area contributed by atoms with Crippen LogP contribution in [0.3, 0.4) is 0 Å². The average Bonchev–Trinajstić information content (AvgIpc) is 3.16. The molecule has 0 aliphatic carbocycles. The van der Waals surface area contributed by atoms with Crippen molar-refractivity contribution in [1.82, 2.24) is 15.1 Å². The maximum atomic E-state index is 12.4. The Hall–Kier alpha value is -3.13. The van der Waals surface area contributed by atoms with Gasteiger partial charge in [-0.05, 0) is 45.0 Å². The predicted molar refractivity (Wildman–Crippen MR) is 117 cm³/mol. The Labute approximate surface area is 179 Å². The van der Waals surface area contributed by atoms with Crippen LogP contribution in [-0.4, -0.2) is 46.3 Å². The van der Waals surface area contributed by atoms with E-state index >= 15 is 0 Å². The summed E-state index contributed by atoms with van der Waals surface area (Å²) in [6.45, 7) is 5.95. The fourth-order valence-corrected chi connectivity index (χ4v) is 3.56. The lowest BCUT2D eigenvalue weighted by atomic mass is 10.1. The second kappa shape index (κ2) is 9.58. The number of hydrogen-bond acceptors (Lipinski definition) is 6. The molecule has 0 aliphatic rings. The van der Waals surface area contributed by atoms with E-state index in [9.17, 15) is 9.59 Å². The predicted octanol–water partition coefficient (Wildman–Crippen LogP) is 3.85. The number of rotatable bonds is 7. The van der Waals surface area contributed by atoms with Crippen molar-refractivity contribution in [2.45, 2.75) is 26.0 Å². The third kappa shape index (κ3) is 5.93. The van der Waals surface area contributed by atoms with Gasteiger partial charge in [0.2, 0.25) is 17.7 Å². The molecule has 2 aromatic carbocycles. The fourth-order valence-electron chi connectivity index (χ4n) is 2.86. The molecule has 0 fully saturated rings. The summed E-state index contributed by atoms with van der Waals surface area (Å²) in [7, 11) is 1.59. The summed E-state index contributed by atoms with van der Waals surface area (Å²) < 4.78 is 5.67. The molecular weight excluding hydrogens is 400 g/mol. The second-order valence-electron chi connectivity index (χ2n) is 7.20. The number of hydrogen-bond donors (Lipinski definition) is 1. The second-order valence-corrected chi connectivity index (χ2v) is 8.13. The maximum absolute atomic E-state index is 12.4. The minimum Gasteiger partial charge on any atom is -0.411 e. The Kier molecular flexibility index (Phi) is 6.89. The van der Waals surface area contributed by atoms with Crippen molar-refractivity contribution in [2.24, 2.45) is 0 Å². The normalized spacial score (nSPS) is 10.7. The number of aromatic nitrogens is 2. The van der Waals surface area contributed by atoms with Crippen LogP contribution in [0, 0.1) is 20.8 Å². The standard InChI is InChI=1S/C22H24N4O3S/c1-14-5-7-18(8-6-14)23-19(27)12-26(4)20(28)13-30-22-25-24-21(29-22)17-10-15(2)9-16(3)11-17/h5-11H,12-13H2,1-4H3,(H,23,27). The quantitative estimate of drug-likeness (QED) is 0.580. The summed E-state index contributed by atoms with van der Waals surface area (Å²) in [5.41, 5.74) is 4.88. The first kappa shape index (κ1) is 21.6. The van der Waals surface area contributed by atoms with Crippen LogP contribution in [-0.2, 0) is 9.59 Å². The number of thioether (sulfide) groups is 1. The highest BCUT2D eigenvalue weighted by Crippen LogP contribution is 2.25. The molecule has 156 valence electrons. The Bertz CT molecular complexity index is 1030. The highest BCUT2D eigenvalue weighted by molar-refractivity contribution is 7.99. The molecular formula is C22H24N4O3S. The van der Waals surface area contributed by atoms with Gasteiger partial charge in [0, 0.05) is 18.3 Å². The fraction of sp³-hybridized carbons (Fsp3) is 0.273. The van der Waals surface area contributed by atoms with E-state index in [-0.39, 0.29) is 24.1 Å². The molecule has 0 aliphatic heterocycles. The number of anilines is 1. The van der Waals surface area contributed by atoms with E-state index in [1.54, 1.807) is 7.05 Å². The summed E-state index contributed by atoms with van der Waals surface area (Å²) in [6, 6.07) is 13.5. The van der Waals surface area contributed by atoms with Crippen molar-refractivity contribution >= 4 is 29.3 Å². The first-order valence-electron chi connectivity index (χ1n) is 9.45. The van der Waals surface area contributed by atoms with Crippen molar-refractivity contribution in [1.29, 1.82) is 0 Å². The largest absolute Gasteiger partial charge is 0.411 e. The summed E-state index contributed by atoms with van der Waals surface area (Å²) >= 11 is 1.15. The van der Waals surface area contributed by atoms with E-state index in [4.69, 9.17) is 4.42 Å². The Morgan fingerprint density at radius 1 is 1.00 bits per heavy atom. The highest BCUT2D eigenvalue weighted by Gasteiger charge is 2.16. The monoisotopic (exact) mass is 424 g/mol. The molecule has 0 radical (unpaired) electrons. The molecule has 1 aromatic heterocycles. The third-order valence-corrected chi connectivity index (χ3v) is 5.14. The number of benzene rings is 2. The first-order valence-corrected chi connectivity index (χ1v) is 10.4. The highest BCUT2D eigenvalue weighted by atomic mass is 32.2. The molecule has 0 atom stereocenters. The SMILES string of the molecule is Cc1ccc(NC(=O)CN(C)C(=O)CSc2nnc(-c3cc(C)cc(C)c3)o2)cc1. The van der Waals surface area contributed by atoms with E-state index in [2.05, 4.69) is 21.6 Å². The number of carbonyl (C=O) groups is 2. The summed E-state index contributed by atoms with van der Waals surface area (Å²) in [4.78, 5) is 25.9. The van der Waals surface area contributed by atoms with E-state index in [0.29, 0.717) is 16.8 Å². The molecule has 3 rings (SSSR count). The summed E-state index contributed by atoms with van der Waals surface area (Å²) in [5, 5.41) is 11.2. The van der Waals surface area contributed by atoms with Gasteiger partial charge < -0.3 is 14.6 Å². The zero-order valence-corrected chi connectivity index (χ0v) is 18.2. The van der Waals surface area contributed by atoms with Gasteiger partial charge in [0.1, 0.15) is 0 Å². The van der Waals surface area contributed by atoms with Gasteiger partial charge in [0.25, 0.3) is 5.22 Å². The Balaban J connectivity index is 1.50. The molecule has 1 N–H and O–H groups in total. The van der Waals surface area contributed by atoms with Crippen LogP contribution in [0.5, 0.6) is 0 Å². The number of amides is 2. The maximum Gasteiger partial charge on any atom is 0.277 e. The zero-order chi connectivity index (χ0) is 21.7. The molecule has 0 bridgehead atoms. The van der Waals surface area contributed by atoms with Crippen molar-refractivity contribution in [3.8, 4) is 11.5 Å². The van der Waals surface area contributed by atoms with Gasteiger partial charge in [0.15, 0.2) is 0 Å². The van der Waals surface area contributed by atoms with Crippen LogP contribution in [0.4, 0.5) is 5.69 Å². The number of nitrogens with one attached hydrogen (secondary N) is 1. The Morgan fingerprint density at radius 2 is 1.67 bits per heavy atom. The molecule has 0 saturated heterocycles. The van der Waals surface area contributed by atoms with Gasteiger partial charge in [0.05, 0.1) is 12.3 Å². The minimum atomic E-state index is -0.255. The van der Waals surface area contributed by atoms with Gasteiger partial charge in [-0.2, -0.15) is 0 Å². The molecule has 1 heterocycles. The smallest absolute Gasteiger partial charge is 0.277 e. The van der Waals surface area contributed by atoms with Gasteiger partial charge in [-0.25, -0.2) is 0 Å². The van der Waals surface area contributed by atoms with Gasteiger partial charge in [-0.3, -0.25) is 9.59 Å². The number of nitrogens with zero attached hydrogens (tertiary/aromatic N) is 3. The molecule has 0 saturated carbocycles. The summed E-state index contributed by atoms with van der Waals surface area (Å²) in [5.74, 6) is 0.0605. The molecule has 3 aromatic rings. The topological polar surface area (TPSA) is 88.3 Å². The molecule has 8 heteroatoms. The summed E-state index contributed by atoms with van der Waals surface area (Å²) in [6.07, 6.45) is 0. The molecule has 30 heavy (non-hydrogen) atoms. The minimum absolute atomic E-state index is 0.0368. The van der Waals surface area contributed by atoms with Gasteiger partial charge in [-0.15, -0.1) is 10.2 Å². The lowest BCUT2D eigenvalue weighted by molar-refractivity contribution is -0.131. The lowest BCUT2D eigenvalue weighted by Crippen LogP contribution is -2.35. The molecule has 0 unspecified atom stereocenters. The average molecular weight is 425 g/mol. The number of aryl methyl sites for hydroxylation is 3. The van der Waals surface area contributed by atoms with E-state index in [0.717, 1.165) is 34.0 Å². The van der Waals surface area contributed by atoms with Crippen LogP contribution in [0.25, 0.3) is 11.5 Å². The number of likely N-dealkylation sites (N-methyl/N-ethyl adjacent to an activating group) is 1. The van der Waals surface area contributed by atoms with Gasteiger partial charge >= 0.3 is 0 Å². The van der Waals surface area contributed by atoms with Crippen LogP contribution in [0.2, 0.25) is 0 Å². The lowest BCUT2D eigenvalue weighted by Gasteiger charge is -2.16. The third-order valence-electron chi connectivity index (χ3n) is 4.34. The van der Waals surface area contributed by atoms with Crippen LogP contribution < -0.4 is 5.32 Å². The molecule has 0 spiro atoms. The molecule has 7 nitrogen and oxygen atoms in total. The van der Waals surface area contributed by atoms with E-state index < -0.39 is 0 Å². The van der Waals surface area contributed by atoms with Crippen molar-refractivity contribution in [3.05, 3.63) is 59.2 Å². The van der Waals surface area contributed by atoms with E-state index in [1.165, 1.54) is 4.90 Å². The molecule has 2 amide bonds. The van der Waals surface area contributed by atoms with Crippen LogP contribution >= 0.6 is 11.8 Å². The number of carbonyl (C=O) groups excluding carboxylic acids is 2. The first-order chi connectivity index (χ1) is 14.3. The van der Waals surface area contributed by atoms with Crippen molar-refractivity contribution < 1.29 is 14.0 Å². The van der Waals surface area contributed by atoms with E-state index in [1.807, 2.05) is 57.2 Å². The van der Waals surface area contributed by atoms with Gasteiger partial charge in [-0.1, -0.05) is 46.7 Å². The van der Waals surface area contributed by atoms with Crippen molar-refractivity contribution in [2.75, 3.05) is 24.7 Å². The van der Waals surface area contributed by atoms with Crippen LogP contribution in [0.1, 0.15) is 16.7 Å².